The number of hydrogen-bond donors (Lipinski definition) is 4. The standard InChI is InChI=1S/C10H15N3O4S/c1-5-6(8(18)12-9(17)11-5)7(16)13-10(2,3-14)4-15/h14-15H,3-4H2,1-2H3,(H,13,16)(H2,11,12,17,18)/p-1. The number of hydrogen-bond acceptors (Lipinski definition) is 6. The van der Waals surface area contributed by atoms with Gasteiger partial charge in [-0.2, -0.15) is 0 Å². The predicted molar refractivity (Wildman–Crippen MR) is 66.1 cm³/mol. The molecule has 0 aliphatic rings. The molecule has 0 atom stereocenters. The van der Waals surface area contributed by atoms with Gasteiger partial charge in [-0.05, 0) is 19.7 Å². The molecule has 0 fully saturated rings. The van der Waals surface area contributed by atoms with Crippen molar-refractivity contribution in [2.75, 3.05) is 13.2 Å². The smallest absolute Gasteiger partial charge is 0.324 e. The van der Waals surface area contributed by atoms with Gasteiger partial charge in [0.25, 0.3) is 0 Å². The minimum absolute atomic E-state index is 0.0248. The van der Waals surface area contributed by atoms with Crippen LogP contribution in [0.4, 0.5) is 0 Å². The lowest BCUT2D eigenvalue weighted by Crippen LogP contribution is -2.36. The first-order valence-electron chi connectivity index (χ1n) is 5.15. The van der Waals surface area contributed by atoms with E-state index in [0.29, 0.717) is 0 Å². The van der Waals surface area contributed by atoms with Gasteiger partial charge >= 0.3 is 5.69 Å². The second kappa shape index (κ2) is 5.42. The van der Waals surface area contributed by atoms with Crippen LogP contribution in [-0.2, 0) is 0 Å². The molecular formula is C10H14N3O4S-. The first-order chi connectivity index (χ1) is 8.33. The maximum Gasteiger partial charge on any atom is 0.324 e. The average Bonchev–Trinajstić information content (AvgIpc) is 2.27. The Morgan fingerprint density at radius 1 is 1.44 bits per heavy atom. The molecule has 7 nitrogen and oxygen atoms in total. The molecule has 0 aromatic carbocycles. The van der Waals surface area contributed by atoms with Crippen LogP contribution in [-0.4, -0.2) is 44.8 Å². The van der Waals surface area contributed by atoms with Gasteiger partial charge in [-0.3, -0.25) is 9.98 Å². The van der Waals surface area contributed by atoms with E-state index in [1.165, 1.54) is 13.8 Å². The zero-order valence-corrected chi connectivity index (χ0v) is 10.8. The molecule has 0 saturated heterocycles. The molecule has 1 aromatic heterocycles. The van der Waals surface area contributed by atoms with Gasteiger partial charge < -0.3 is 20.3 Å². The number of aliphatic imine (C=N–C) groups is 1. The molecule has 100 valence electrons. The normalized spacial score (nSPS) is 12.8. The molecule has 0 radical (unpaired) electrons. The Morgan fingerprint density at radius 2 is 2.00 bits per heavy atom. The van der Waals surface area contributed by atoms with E-state index in [0.717, 1.165) is 0 Å². The largest absolute Gasteiger partial charge is 0.858 e. The fraction of sp³-hybridized carbons (Fsp3) is 0.500. The minimum Gasteiger partial charge on any atom is -0.858 e. The predicted octanol–water partition coefficient (Wildman–Crippen LogP) is -1.41. The zero-order valence-electron chi connectivity index (χ0n) is 9.98. The highest BCUT2D eigenvalue weighted by atomic mass is 32.1. The number of aryl methyl sites for hydroxylation is 1. The third-order valence-electron chi connectivity index (χ3n) is 2.40. The van der Waals surface area contributed by atoms with Crippen molar-refractivity contribution < 1.29 is 15.3 Å². The molecule has 0 bridgehead atoms. The van der Waals surface area contributed by atoms with Crippen molar-refractivity contribution in [1.82, 2.24) is 9.97 Å². The molecule has 4 N–H and O–H groups in total. The summed E-state index contributed by atoms with van der Waals surface area (Å²) in [6, 6.07) is 0. The van der Waals surface area contributed by atoms with E-state index in [1.54, 1.807) is 0 Å². The number of H-pyrrole nitrogens is 2. The van der Waals surface area contributed by atoms with Crippen LogP contribution in [0.25, 0.3) is 0 Å². The quantitative estimate of drug-likeness (QED) is 0.304. The summed E-state index contributed by atoms with van der Waals surface area (Å²) in [5, 5.41) is 30.1. The SMILES string of the molecule is Cc1[nH]c(=O)[nH]c(=S)c1C([O-])=NC(C)(CO)CO. The van der Waals surface area contributed by atoms with Gasteiger partial charge in [-0.15, -0.1) is 0 Å². The van der Waals surface area contributed by atoms with Crippen molar-refractivity contribution in [1.29, 1.82) is 0 Å². The highest BCUT2D eigenvalue weighted by Gasteiger charge is 2.20. The summed E-state index contributed by atoms with van der Waals surface area (Å²) < 4.78 is -0.0248. The topological polar surface area (TPSA) is 125 Å². The molecule has 0 amide bonds. The molecule has 8 heteroatoms. The van der Waals surface area contributed by atoms with E-state index >= 15 is 0 Å². The molecule has 0 saturated carbocycles. The number of aliphatic hydroxyl groups excluding tert-OH is 2. The van der Waals surface area contributed by atoms with Crippen LogP contribution in [0, 0.1) is 11.6 Å². The van der Waals surface area contributed by atoms with Gasteiger partial charge in [-0.25, -0.2) is 4.79 Å². The van der Waals surface area contributed by atoms with Gasteiger partial charge in [0.15, 0.2) is 0 Å². The van der Waals surface area contributed by atoms with E-state index in [9.17, 15) is 9.90 Å². The number of rotatable bonds is 4. The van der Waals surface area contributed by atoms with Crippen molar-refractivity contribution in [3.8, 4) is 0 Å². The third kappa shape index (κ3) is 3.03. The molecule has 0 aliphatic carbocycles. The Labute approximate surface area is 108 Å². The van der Waals surface area contributed by atoms with Crippen LogP contribution < -0.4 is 10.8 Å². The van der Waals surface area contributed by atoms with Crippen LogP contribution in [0.1, 0.15) is 18.2 Å². The van der Waals surface area contributed by atoms with Gasteiger partial charge in [0.1, 0.15) is 10.2 Å². The molecule has 0 spiro atoms. The lowest BCUT2D eigenvalue weighted by atomic mass is 10.1. The highest BCUT2D eigenvalue weighted by Crippen LogP contribution is 2.11. The Balaban J connectivity index is 3.36. The second-order valence-electron chi connectivity index (χ2n) is 4.14. The van der Waals surface area contributed by atoms with Crippen molar-refractivity contribution in [3.05, 3.63) is 26.4 Å². The van der Waals surface area contributed by atoms with E-state index in [-0.39, 0.29) is 15.9 Å². The van der Waals surface area contributed by atoms with Gasteiger partial charge in [0.05, 0.1) is 13.2 Å². The fourth-order valence-electron chi connectivity index (χ4n) is 1.28. The van der Waals surface area contributed by atoms with Crippen LogP contribution in [0.3, 0.4) is 0 Å². The Hall–Kier alpha value is -1.51. The summed E-state index contributed by atoms with van der Waals surface area (Å²) in [4.78, 5) is 19.5. The van der Waals surface area contributed by atoms with Gasteiger partial charge in [0, 0.05) is 11.3 Å². The van der Waals surface area contributed by atoms with Crippen LogP contribution in [0.15, 0.2) is 9.79 Å². The van der Waals surface area contributed by atoms with E-state index < -0.39 is 30.3 Å². The third-order valence-corrected chi connectivity index (χ3v) is 2.70. The summed E-state index contributed by atoms with van der Waals surface area (Å²) in [5.41, 5.74) is -1.45. The summed E-state index contributed by atoms with van der Waals surface area (Å²) in [7, 11) is 0. The molecular weight excluding hydrogens is 258 g/mol. The summed E-state index contributed by atoms with van der Waals surface area (Å²) in [6.07, 6.45) is 0. The first kappa shape index (κ1) is 14.6. The van der Waals surface area contributed by atoms with E-state index in [1.807, 2.05) is 0 Å². The first-order valence-corrected chi connectivity index (χ1v) is 5.56. The maximum atomic E-state index is 11.9. The number of aromatic nitrogens is 2. The number of nitrogens with zero attached hydrogens (tertiary/aromatic N) is 1. The molecule has 0 aliphatic heterocycles. The van der Waals surface area contributed by atoms with Crippen molar-refractivity contribution >= 4 is 18.1 Å². The maximum absolute atomic E-state index is 11.9. The zero-order chi connectivity index (χ0) is 13.9. The van der Waals surface area contributed by atoms with Crippen molar-refractivity contribution in [2.24, 2.45) is 4.99 Å². The summed E-state index contributed by atoms with van der Waals surface area (Å²) in [6.45, 7) is 1.99. The fourth-order valence-corrected chi connectivity index (χ4v) is 1.61. The van der Waals surface area contributed by atoms with Gasteiger partial charge in [0.2, 0.25) is 0 Å². The summed E-state index contributed by atoms with van der Waals surface area (Å²) in [5.74, 6) is -0.699. The Morgan fingerprint density at radius 3 is 2.44 bits per heavy atom. The summed E-state index contributed by atoms with van der Waals surface area (Å²) >= 11 is 4.88. The van der Waals surface area contributed by atoms with Crippen LogP contribution in [0.5, 0.6) is 0 Å². The molecule has 0 unspecified atom stereocenters. The Bertz CT molecular complexity index is 571. The molecule has 1 rings (SSSR count). The number of aromatic amines is 2. The van der Waals surface area contributed by atoms with E-state index in [4.69, 9.17) is 22.4 Å². The van der Waals surface area contributed by atoms with E-state index in [2.05, 4.69) is 15.0 Å². The monoisotopic (exact) mass is 272 g/mol. The molecule has 1 heterocycles. The lowest BCUT2D eigenvalue weighted by Gasteiger charge is -2.24. The number of aliphatic hydroxyl groups is 2. The van der Waals surface area contributed by atoms with Crippen molar-refractivity contribution in [3.63, 3.8) is 0 Å². The second-order valence-corrected chi connectivity index (χ2v) is 4.55. The minimum atomic E-state index is -1.28. The number of nitrogens with one attached hydrogen (secondary N) is 2. The van der Waals surface area contributed by atoms with Gasteiger partial charge in [-0.1, -0.05) is 12.2 Å². The Kier molecular flexibility index (Phi) is 4.38. The highest BCUT2D eigenvalue weighted by molar-refractivity contribution is 7.71. The van der Waals surface area contributed by atoms with Crippen LogP contribution in [0.2, 0.25) is 0 Å². The van der Waals surface area contributed by atoms with Crippen LogP contribution >= 0.6 is 12.2 Å². The molecule has 18 heavy (non-hydrogen) atoms. The average molecular weight is 272 g/mol. The lowest BCUT2D eigenvalue weighted by molar-refractivity contribution is -0.214. The molecule has 1 aromatic rings. The van der Waals surface area contributed by atoms with Crippen molar-refractivity contribution in [2.45, 2.75) is 19.4 Å².